The summed E-state index contributed by atoms with van der Waals surface area (Å²) >= 11 is 0. The summed E-state index contributed by atoms with van der Waals surface area (Å²) in [6.45, 7) is 10.7. The molecule has 2 bridgehead atoms. The van der Waals surface area contributed by atoms with E-state index in [-0.39, 0.29) is 0 Å². The number of nitrogens with one attached hydrogen (secondary N) is 1. The Morgan fingerprint density at radius 3 is 2.58 bits per heavy atom. The molecule has 2 saturated carbocycles. The fourth-order valence-corrected chi connectivity index (χ4v) is 4.48. The van der Waals surface area contributed by atoms with Gasteiger partial charge in [0.05, 0.1) is 13.2 Å². The fourth-order valence-electron chi connectivity index (χ4n) is 4.48. The fraction of sp³-hybridized carbons (Fsp3) is 1.00. The van der Waals surface area contributed by atoms with Crippen LogP contribution in [0.1, 0.15) is 46.5 Å². The van der Waals surface area contributed by atoms with Gasteiger partial charge in [-0.2, -0.15) is 0 Å². The Kier molecular flexibility index (Phi) is 4.91. The van der Waals surface area contributed by atoms with E-state index < -0.39 is 0 Å². The van der Waals surface area contributed by atoms with Gasteiger partial charge in [0.2, 0.25) is 0 Å². The minimum atomic E-state index is 0.462. The van der Waals surface area contributed by atoms with Crippen molar-refractivity contribution in [1.29, 1.82) is 0 Å². The molecule has 3 heteroatoms. The van der Waals surface area contributed by atoms with E-state index in [0.717, 1.165) is 25.5 Å². The van der Waals surface area contributed by atoms with Crippen molar-refractivity contribution < 1.29 is 9.47 Å². The highest BCUT2D eigenvalue weighted by Gasteiger charge is 2.58. The van der Waals surface area contributed by atoms with Crippen LogP contribution in [0, 0.1) is 16.7 Å². The molecule has 0 aliphatic heterocycles. The van der Waals surface area contributed by atoms with Crippen LogP contribution >= 0.6 is 0 Å². The summed E-state index contributed by atoms with van der Waals surface area (Å²) < 4.78 is 10.5. The molecule has 3 atom stereocenters. The van der Waals surface area contributed by atoms with Crippen molar-refractivity contribution in [1.82, 2.24) is 5.32 Å². The highest BCUT2D eigenvalue weighted by Crippen LogP contribution is 2.62. The highest BCUT2D eigenvalue weighted by molar-refractivity contribution is 5.11. The Morgan fingerprint density at radius 1 is 1.16 bits per heavy atom. The lowest BCUT2D eigenvalue weighted by molar-refractivity contribution is 0.0655. The number of ether oxygens (including phenoxy) is 2. The molecule has 0 heterocycles. The third-order valence-electron chi connectivity index (χ3n) is 5.52. The number of hydrogen-bond donors (Lipinski definition) is 1. The maximum atomic E-state index is 5.51. The third kappa shape index (κ3) is 3.14. The molecule has 2 aliphatic rings. The van der Waals surface area contributed by atoms with Crippen LogP contribution in [0.2, 0.25) is 0 Å². The van der Waals surface area contributed by atoms with Gasteiger partial charge in [-0.1, -0.05) is 20.8 Å². The standard InChI is InChI=1S/C16H31NO2/c1-15(2)13-6-7-16(3,12-13)14(15)17-8-5-9-19-11-10-18-4/h13-14,17H,5-12H2,1-4H3/t13-,14?,16+/m0/s1. The Hall–Kier alpha value is -0.120. The predicted octanol–water partition coefficient (Wildman–Crippen LogP) is 2.84. The largest absolute Gasteiger partial charge is 0.382 e. The molecular weight excluding hydrogens is 238 g/mol. The average molecular weight is 269 g/mol. The molecule has 0 aromatic carbocycles. The van der Waals surface area contributed by atoms with Crippen molar-refractivity contribution in [2.24, 2.45) is 16.7 Å². The zero-order valence-electron chi connectivity index (χ0n) is 13.1. The van der Waals surface area contributed by atoms with Gasteiger partial charge >= 0.3 is 0 Å². The molecule has 2 fully saturated rings. The van der Waals surface area contributed by atoms with Gasteiger partial charge in [0.15, 0.2) is 0 Å². The van der Waals surface area contributed by atoms with Gasteiger partial charge in [0.1, 0.15) is 0 Å². The SMILES string of the molecule is COCCOCCCNC1C(C)(C)[C@H]2CC[C@]1(C)C2. The maximum absolute atomic E-state index is 5.51. The van der Waals surface area contributed by atoms with Crippen molar-refractivity contribution >= 4 is 0 Å². The number of fused-ring (bicyclic) bond motifs is 2. The lowest BCUT2D eigenvalue weighted by Crippen LogP contribution is -2.50. The number of rotatable bonds is 8. The van der Waals surface area contributed by atoms with E-state index in [1.54, 1.807) is 7.11 Å². The first-order valence-corrected chi connectivity index (χ1v) is 7.81. The predicted molar refractivity (Wildman–Crippen MR) is 78.3 cm³/mol. The van der Waals surface area contributed by atoms with E-state index >= 15 is 0 Å². The second-order valence-corrected chi connectivity index (χ2v) is 7.26. The smallest absolute Gasteiger partial charge is 0.0700 e. The summed E-state index contributed by atoms with van der Waals surface area (Å²) in [4.78, 5) is 0. The second kappa shape index (κ2) is 6.11. The molecule has 0 aromatic heterocycles. The minimum absolute atomic E-state index is 0.462. The van der Waals surface area contributed by atoms with Crippen LogP contribution in [0.25, 0.3) is 0 Å². The Morgan fingerprint density at radius 2 is 1.95 bits per heavy atom. The molecule has 2 rings (SSSR count). The van der Waals surface area contributed by atoms with Crippen molar-refractivity contribution in [3.63, 3.8) is 0 Å². The minimum Gasteiger partial charge on any atom is -0.382 e. The Labute approximate surface area is 118 Å². The Bertz CT molecular complexity index is 288. The highest BCUT2D eigenvalue weighted by atomic mass is 16.5. The molecule has 0 amide bonds. The van der Waals surface area contributed by atoms with Gasteiger partial charge in [0, 0.05) is 19.8 Å². The monoisotopic (exact) mass is 269 g/mol. The van der Waals surface area contributed by atoms with Crippen LogP contribution in [-0.4, -0.2) is 39.5 Å². The van der Waals surface area contributed by atoms with E-state index in [2.05, 4.69) is 26.1 Å². The zero-order chi connectivity index (χ0) is 13.9. The van der Waals surface area contributed by atoms with Crippen molar-refractivity contribution in [3.05, 3.63) is 0 Å². The van der Waals surface area contributed by atoms with Crippen molar-refractivity contribution in [3.8, 4) is 0 Å². The summed E-state index contributed by atoms with van der Waals surface area (Å²) in [5, 5.41) is 3.82. The quantitative estimate of drug-likeness (QED) is 0.687. The van der Waals surface area contributed by atoms with Gasteiger partial charge in [-0.15, -0.1) is 0 Å². The first kappa shape index (κ1) is 15.3. The Balaban J connectivity index is 1.68. The second-order valence-electron chi connectivity index (χ2n) is 7.26. The summed E-state index contributed by atoms with van der Waals surface area (Å²) in [6.07, 6.45) is 5.35. The van der Waals surface area contributed by atoms with Crippen LogP contribution in [0.5, 0.6) is 0 Å². The van der Waals surface area contributed by atoms with Crippen LogP contribution < -0.4 is 5.32 Å². The third-order valence-corrected chi connectivity index (χ3v) is 5.52. The van der Waals surface area contributed by atoms with E-state index in [9.17, 15) is 0 Å². The molecule has 0 aromatic rings. The molecule has 0 saturated heterocycles. The molecule has 112 valence electrons. The van der Waals surface area contributed by atoms with Crippen LogP contribution in [0.4, 0.5) is 0 Å². The molecule has 19 heavy (non-hydrogen) atoms. The van der Waals surface area contributed by atoms with Crippen LogP contribution in [0.3, 0.4) is 0 Å². The number of hydrogen-bond acceptors (Lipinski definition) is 3. The van der Waals surface area contributed by atoms with E-state index in [4.69, 9.17) is 9.47 Å². The van der Waals surface area contributed by atoms with Gasteiger partial charge < -0.3 is 14.8 Å². The zero-order valence-corrected chi connectivity index (χ0v) is 13.1. The molecule has 2 aliphatic carbocycles. The first-order valence-electron chi connectivity index (χ1n) is 7.81. The van der Waals surface area contributed by atoms with Crippen LogP contribution in [0.15, 0.2) is 0 Å². The van der Waals surface area contributed by atoms with Crippen LogP contribution in [-0.2, 0) is 9.47 Å². The topological polar surface area (TPSA) is 30.5 Å². The van der Waals surface area contributed by atoms with Crippen molar-refractivity contribution in [2.75, 3.05) is 33.5 Å². The summed E-state index contributed by atoms with van der Waals surface area (Å²) in [6, 6.07) is 0.678. The van der Waals surface area contributed by atoms with Crippen molar-refractivity contribution in [2.45, 2.75) is 52.5 Å². The van der Waals surface area contributed by atoms with Gasteiger partial charge in [-0.25, -0.2) is 0 Å². The lowest BCUT2D eigenvalue weighted by Gasteiger charge is -2.43. The number of methoxy groups -OCH3 is 1. The van der Waals surface area contributed by atoms with E-state index in [0.29, 0.717) is 30.1 Å². The summed E-state index contributed by atoms with van der Waals surface area (Å²) in [7, 11) is 1.71. The molecule has 1 N–H and O–H groups in total. The molecule has 0 radical (unpaired) electrons. The molecule has 0 spiro atoms. The molecule has 1 unspecified atom stereocenters. The van der Waals surface area contributed by atoms with Gasteiger partial charge in [-0.3, -0.25) is 0 Å². The first-order chi connectivity index (χ1) is 9.00. The van der Waals surface area contributed by atoms with Gasteiger partial charge in [0.25, 0.3) is 0 Å². The van der Waals surface area contributed by atoms with E-state index in [1.165, 1.54) is 19.3 Å². The molecular formula is C16H31NO2. The average Bonchev–Trinajstić information content (AvgIpc) is 2.83. The van der Waals surface area contributed by atoms with Gasteiger partial charge in [-0.05, 0) is 49.0 Å². The summed E-state index contributed by atoms with van der Waals surface area (Å²) in [5.74, 6) is 0.924. The maximum Gasteiger partial charge on any atom is 0.0700 e. The summed E-state index contributed by atoms with van der Waals surface area (Å²) in [5.41, 5.74) is 0.995. The normalized spacial score (nSPS) is 36.0. The lowest BCUT2D eigenvalue weighted by atomic mass is 9.68. The molecule has 3 nitrogen and oxygen atoms in total. The van der Waals surface area contributed by atoms with E-state index in [1.807, 2.05) is 0 Å².